The lowest BCUT2D eigenvalue weighted by Crippen LogP contribution is -1.92. The van der Waals surface area contributed by atoms with Crippen molar-refractivity contribution in [2.45, 2.75) is 18.7 Å². The third-order valence-corrected chi connectivity index (χ3v) is 4.56. The lowest BCUT2D eigenvalue weighted by atomic mass is 10.1. The summed E-state index contributed by atoms with van der Waals surface area (Å²) in [7, 11) is 0. The molecule has 0 aliphatic carbocycles. The van der Waals surface area contributed by atoms with Crippen molar-refractivity contribution in [2.75, 3.05) is 0 Å². The van der Waals surface area contributed by atoms with E-state index in [4.69, 9.17) is 11.6 Å². The first-order chi connectivity index (χ1) is 7.65. The summed E-state index contributed by atoms with van der Waals surface area (Å²) in [6, 6.07) is 12.6. The van der Waals surface area contributed by atoms with Gasteiger partial charge in [0.1, 0.15) is 0 Å². The summed E-state index contributed by atoms with van der Waals surface area (Å²) in [6.45, 7) is 2.11. The van der Waals surface area contributed by atoms with Crippen LogP contribution in [-0.4, -0.2) is 0 Å². The first-order valence-corrected chi connectivity index (χ1v) is 7.14. The Morgan fingerprint density at radius 2 is 1.88 bits per heavy atom. The van der Waals surface area contributed by atoms with Gasteiger partial charge in [-0.3, -0.25) is 0 Å². The molecule has 1 heterocycles. The predicted octanol–water partition coefficient (Wildman–Crippen LogP) is 5.34. The molecule has 0 fully saturated rings. The lowest BCUT2D eigenvalue weighted by Gasteiger charge is -2.07. The quantitative estimate of drug-likeness (QED) is 0.670. The number of hydrogen-bond acceptors (Lipinski definition) is 1. The van der Waals surface area contributed by atoms with Crippen molar-refractivity contribution >= 4 is 38.9 Å². The average molecular weight is 316 g/mol. The fraction of sp³-hybridized carbons (Fsp3) is 0.231. The van der Waals surface area contributed by atoms with Crippen molar-refractivity contribution in [1.29, 1.82) is 0 Å². The molecule has 0 aliphatic rings. The molecule has 2 aromatic rings. The van der Waals surface area contributed by atoms with Gasteiger partial charge in [-0.15, -0.1) is 22.9 Å². The number of benzene rings is 1. The number of thiophene rings is 1. The minimum absolute atomic E-state index is 0.0832. The van der Waals surface area contributed by atoms with Gasteiger partial charge in [0.05, 0.1) is 5.38 Å². The zero-order valence-electron chi connectivity index (χ0n) is 8.91. The van der Waals surface area contributed by atoms with Gasteiger partial charge in [-0.25, -0.2) is 0 Å². The molecule has 0 bridgehead atoms. The van der Waals surface area contributed by atoms with E-state index >= 15 is 0 Å². The third-order valence-electron chi connectivity index (χ3n) is 2.40. The highest BCUT2D eigenvalue weighted by Gasteiger charge is 2.10. The van der Waals surface area contributed by atoms with E-state index in [1.807, 2.05) is 0 Å². The highest BCUT2D eigenvalue weighted by Crippen LogP contribution is 2.30. The van der Waals surface area contributed by atoms with E-state index < -0.39 is 0 Å². The van der Waals surface area contributed by atoms with Crippen LogP contribution in [0.15, 0.2) is 40.9 Å². The fourth-order valence-corrected chi connectivity index (χ4v) is 3.05. The smallest absolute Gasteiger partial charge is 0.0718 e. The molecule has 0 radical (unpaired) electrons. The molecule has 1 aromatic carbocycles. The molecule has 0 N–H and O–H groups in total. The second kappa shape index (κ2) is 5.35. The second-order valence-corrected chi connectivity index (χ2v) is 6.51. The first kappa shape index (κ1) is 12.2. The van der Waals surface area contributed by atoms with Crippen LogP contribution in [-0.2, 0) is 6.42 Å². The summed E-state index contributed by atoms with van der Waals surface area (Å²) in [5.74, 6) is 0. The molecule has 0 saturated heterocycles. The monoisotopic (exact) mass is 314 g/mol. The van der Waals surface area contributed by atoms with Crippen LogP contribution < -0.4 is 0 Å². The Kier molecular flexibility index (Phi) is 4.06. The molecule has 1 aromatic heterocycles. The van der Waals surface area contributed by atoms with Gasteiger partial charge in [0, 0.05) is 14.2 Å². The van der Waals surface area contributed by atoms with Gasteiger partial charge >= 0.3 is 0 Å². The Labute approximate surface area is 113 Å². The molecule has 0 nitrogen and oxygen atoms in total. The Bertz CT molecular complexity index is 461. The maximum Gasteiger partial charge on any atom is 0.0718 e. The van der Waals surface area contributed by atoms with E-state index in [0.717, 1.165) is 10.9 Å². The summed E-state index contributed by atoms with van der Waals surface area (Å²) < 4.78 is 1.11. The van der Waals surface area contributed by atoms with Crippen LogP contribution in [0.4, 0.5) is 0 Å². The Morgan fingerprint density at radius 3 is 2.44 bits per heavy atom. The molecule has 1 unspecified atom stereocenters. The third kappa shape index (κ3) is 3.09. The van der Waals surface area contributed by atoms with Crippen LogP contribution in [0.25, 0.3) is 0 Å². The molecule has 2 rings (SSSR count). The lowest BCUT2D eigenvalue weighted by molar-refractivity contribution is 0.939. The van der Waals surface area contributed by atoms with Crippen molar-refractivity contribution in [3.63, 3.8) is 0 Å². The molecule has 16 heavy (non-hydrogen) atoms. The summed E-state index contributed by atoms with van der Waals surface area (Å²) in [5.41, 5.74) is 1.27. The SMILES string of the molecule is Cc1ccc(C(Cl)Cc2ccc(Br)cc2)s1. The Balaban J connectivity index is 2.07. The molecule has 84 valence electrons. The molecule has 1 atom stereocenters. The summed E-state index contributed by atoms with van der Waals surface area (Å²) in [4.78, 5) is 2.57. The average Bonchev–Trinajstić information content (AvgIpc) is 2.68. The standard InChI is InChI=1S/C13H12BrClS/c1-9-2-7-13(16-9)12(15)8-10-3-5-11(14)6-4-10/h2-7,12H,8H2,1H3. The minimum atomic E-state index is 0.0832. The van der Waals surface area contributed by atoms with Gasteiger partial charge in [0.25, 0.3) is 0 Å². The van der Waals surface area contributed by atoms with Crippen LogP contribution in [0.3, 0.4) is 0 Å². The zero-order valence-corrected chi connectivity index (χ0v) is 12.1. The fourth-order valence-electron chi connectivity index (χ4n) is 1.55. The van der Waals surface area contributed by atoms with Crippen molar-refractivity contribution < 1.29 is 0 Å². The molecular formula is C13H12BrClS. The molecule has 0 amide bonds. The van der Waals surface area contributed by atoms with Crippen molar-refractivity contribution in [1.82, 2.24) is 0 Å². The van der Waals surface area contributed by atoms with Gasteiger partial charge in [0.2, 0.25) is 0 Å². The number of aryl methyl sites for hydroxylation is 1. The number of alkyl halides is 1. The van der Waals surface area contributed by atoms with E-state index in [2.05, 4.69) is 59.3 Å². The van der Waals surface area contributed by atoms with Crippen LogP contribution in [0.2, 0.25) is 0 Å². The van der Waals surface area contributed by atoms with E-state index in [1.165, 1.54) is 15.3 Å². The molecular weight excluding hydrogens is 304 g/mol. The topological polar surface area (TPSA) is 0 Å². The first-order valence-electron chi connectivity index (χ1n) is 5.10. The second-order valence-electron chi connectivity index (χ2n) is 3.75. The maximum absolute atomic E-state index is 6.39. The number of rotatable bonds is 3. The Morgan fingerprint density at radius 1 is 1.19 bits per heavy atom. The van der Waals surface area contributed by atoms with E-state index in [-0.39, 0.29) is 5.38 Å². The summed E-state index contributed by atoms with van der Waals surface area (Å²) >= 11 is 11.6. The van der Waals surface area contributed by atoms with Gasteiger partial charge in [0.15, 0.2) is 0 Å². The molecule has 3 heteroatoms. The van der Waals surface area contributed by atoms with Crippen molar-refractivity contribution in [2.24, 2.45) is 0 Å². The zero-order chi connectivity index (χ0) is 11.5. The van der Waals surface area contributed by atoms with Crippen molar-refractivity contribution in [3.05, 3.63) is 56.2 Å². The minimum Gasteiger partial charge on any atom is -0.144 e. The van der Waals surface area contributed by atoms with Gasteiger partial charge in [-0.05, 0) is 43.2 Å². The van der Waals surface area contributed by atoms with Crippen LogP contribution >= 0.6 is 38.9 Å². The maximum atomic E-state index is 6.39. The summed E-state index contributed by atoms with van der Waals surface area (Å²) in [6.07, 6.45) is 0.884. The van der Waals surface area contributed by atoms with Gasteiger partial charge in [-0.1, -0.05) is 28.1 Å². The predicted molar refractivity (Wildman–Crippen MR) is 75.5 cm³/mol. The molecule has 0 spiro atoms. The van der Waals surface area contributed by atoms with E-state index in [0.29, 0.717) is 0 Å². The number of hydrogen-bond donors (Lipinski definition) is 0. The van der Waals surface area contributed by atoms with Crippen LogP contribution in [0.5, 0.6) is 0 Å². The normalized spacial score (nSPS) is 12.7. The highest BCUT2D eigenvalue weighted by atomic mass is 79.9. The van der Waals surface area contributed by atoms with E-state index in [9.17, 15) is 0 Å². The van der Waals surface area contributed by atoms with E-state index in [1.54, 1.807) is 11.3 Å². The van der Waals surface area contributed by atoms with Crippen LogP contribution in [0, 0.1) is 6.92 Å². The Hall–Kier alpha value is -0.310. The molecule has 0 aliphatic heterocycles. The largest absolute Gasteiger partial charge is 0.144 e. The van der Waals surface area contributed by atoms with Crippen molar-refractivity contribution in [3.8, 4) is 0 Å². The molecule has 0 saturated carbocycles. The summed E-state index contributed by atoms with van der Waals surface area (Å²) in [5, 5.41) is 0.0832. The highest BCUT2D eigenvalue weighted by molar-refractivity contribution is 9.10. The number of halogens is 2. The van der Waals surface area contributed by atoms with Gasteiger partial charge in [-0.2, -0.15) is 0 Å². The van der Waals surface area contributed by atoms with Crippen LogP contribution in [0.1, 0.15) is 20.7 Å². The van der Waals surface area contributed by atoms with Gasteiger partial charge < -0.3 is 0 Å².